The fourth-order valence-electron chi connectivity index (χ4n) is 3.27. The number of hydrogen-bond donors (Lipinski definition) is 1. The van der Waals surface area contributed by atoms with Crippen molar-refractivity contribution in [3.8, 4) is 5.75 Å². The fourth-order valence-corrected chi connectivity index (χ4v) is 3.27. The topological polar surface area (TPSA) is 24.5 Å². The molecule has 26 heavy (non-hydrogen) atoms. The molecule has 1 N–H and O–H groups in total. The molecule has 2 aromatic carbocycles. The van der Waals surface area contributed by atoms with Gasteiger partial charge in [-0.15, -0.1) is 0 Å². The Balaban J connectivity index is 1.83. The van der Waals surface area contributed by atoms with Crippen molar-refractivity contribution in [1.29, 1.82) is 0 Å². The Bertz CT molecular complexity index is 685. The van der Waals surface area contributed by atoms with Gasteiger partial charge in [0, 0.05) is 37.8 Å². The van der Waals surface area contributed by atoms with Crippen molar-refractivity contribution < 1.29 is 17.9 Å². The van der Waals surface area contributed by atoms with Crippen molar-refractivity contribution in [1.82, 2.24) is 10.2 Å². The van der Waals surface area contributed by atoms with Gasteiger partial charge in [-0.3, -0.25) is 4.90 Å². The summed E-state index contributed by atoms with van der Waals surface area (Å²) in [5.74, 6) is 0.518. The van der Waals surface area contributed by atoms with E-state index in [0.717, 1.165) is 5.56 Å². The lowest BCUT2D eigenvalue weighted by Gasteiger charge is -2.36. The predicted octanol–water partition coefficient (Wildman–Crippen LogP) is 4.16. The number of rotatable bonds is 6. The van der Waals surface area contributed by atoms with E-state index in [9.17, 15) is 13.2 Å². The molecule has 0 bridgehead atoms. The highest BCUT2D eigenvalue weighted by molar-refractivity contribution is 5.36. The highest BCUT2D eigenvalue weighted by atomic mass is 19.4. The fraction of sp³-hybridized carbons (Fsp3) is 0.400. The molecule has 3 nitrogen and oxygen atoms in total. The number of nitrogens with zero attached hydrogens (tertiary/aromatic N) is 1. The molecule has 1 atom stereocenters. The lowest BCUT2D eigenvalue weighted by molar-refractivity contribution is -0.148. The third kappa shape index (κ3) is 5.22. The lowest BCUT2D eigenvalue weighted by Crippen LogP contribution is -2.46. The van der Waals surface area contributed by atoms with Gasteiger partial charge in [0.25, 0.3) is 0 Å². The Morgan fingerprint density at radius 2 is 1.62 bits per heavy atom. The Kier molecular flexibility index (Phi) is 6.16. The van der Waals surface area contributed by atoms with E-state index in [1.54, 1.807) is 24.3 Å². The molecule has 1 saturated heterocycles. The smallest absolute Gasteiger partial charge is 0.390 e. The van der Waals surface area contributed by atoms with E-state index < -0.39 is 18.6 Å². The van der Waals surface area contributed by atoms with Crippen molar-refractivity contribution in [2.75, 3.05) is 26.2 Å². The van der Waals surface area contributed by atoms with E-state index in [4.69, 9.17) is 4.74 Å². The summed E-state index contributed by atoms with van der Waals surface area (Å²) in [6.07, 6.45) is -5.11. The average Bonchev–Trinajstić information content (AvgIpc) is 2.66. The highest BCUT2D eigenvalue weighted by Crippen LogP contribution is 2.38. The number of ether oxygens (including phenoxy) is 1. The second-order valence-corrected chi connectivity index (χ2v) is 6.43. The Morgan fingerprint density at radius 1 is 0.962 bits per heavy atom. The molecule has 0 amide bonds. The van der Waals surface area contributed by atoms with Gasteiger partial charge >= 0.3 is 6.18 Å². The van der Waals surface area contributed by atoms with Gasteiger partial charge < -0.3 is 10.1 Å². The van der Waals surface area contributed by atoms with Gasteiger partial charge in [0.05, 0.1) is 6.42 Å². The lowest BCUT2D eigenvalue weighted by atomic mass is 9.99. The van der Waals surface area contributed by atoms with Crippen LogP contribution < -0.4 is 10.1 Å². The van der Waals surface area contributed by atoms with Crippen LogP contribution in [0.2, 0.25) is 0 Å². The molecule has 0 saturated carbocycles. The molecule has 1 fully saturated rings. The summed E-state index contributed by atoms with van der Waals surface area (Å²) in [5.41, 5.74) is 1.58. The SMILES string of the molecule is FC(F)(F)C[C@@H](c1ccccc1OCc1ccccc1)N1CCNCC1. The van der Waals surface area contributed by atoms with E-state index in [1.165, 1.54) is 0 Å². The van der Waals surface area contributed by atoms with Crippen LogP contribution in [0, 0.1) is 0 Å². The first kappa shape index (κ1) is 18.7. The van der Waals surface area contributed by atoms with Gasteiger partial charge in [-0.25, -0.2) is 0 Å². The maximum atomic E-state index is 13.2. The molecular formula is C20H23F3N2O. The van der Waals surface area contributed by atoms with Crippen LogP contribution in [0.1, 0.15) is 23.6 Å². The van der Waals surface area contributed by atoms with E-state index in [2.05, 4.69) is 5.32 Å². The zero-order chi connectivity index (χ0) is 18.4. The van der Waals surface area contributed by atoms with Gasteiger partial charge in [0.1, 0.15) is 12.4 Å². The maximum Gasteiger partial charge on any atom is 0.390 e. The average molecular weight is 364 g/mol. The number of hydrogen-bond acceptors (Lipinski definition) is 3. The molecule has 0 aliphatic carbocycles. The maximum absolute atomic E-state index is 13.2. The zero-order valence-corrected chi connectivity index (χ0v) is 14.5. The molecule has 2 aromatic rings. The summed E-state index contributed by atoms with van der Waals surface area (Å²) in [4.78, 5) is 1.90. The summed E-state index contributed by atoms with van der Waals surface area (Å²) in [5, 5.41) is 3.19. The van der Waals surface area contributed by atoms with E-state index in [1.807, 2.05) is 35.2 Å². The van der Waals surface area contributed by atoms with Crippen LogP contribution in [0.25, 0.3) is 0 Å². The second kappa shape index (κ2) is 8.56. The van der Waals surface area contributed by atoms with Gasteiger partial charge in [0.15, 0.2) is 0 Å². The number of alkyl halides is 3. The van der Waals surface area contributed by atoms with Crippen molar-refractivity contribution in [2.45, 2.75) is 25.2 Å². The highest BCUT2D eigenvalue weighted by Gasteiger charge is 2.37. The summed E-state index contributed by atoms with van der Waals surface area (Å²) < 4.78 is 45.6. The van der Waals surface area contributed by atoms with E-state index >= 15 is 0 Å². The molecule has 0 radical (unpaired) electrons. The molecule has 1 aliphatic heterocycles. The summed E-state index contributed by atoms with van der Waals surface area (Å²) >= 11 is 0. The number of piperazine rings is 1. The van der Waals surface area contributed by atoms with E-state index in [-0.39, 0.29) is 0 Å². The molecule has 3 rings (SSSR count). The first-order valence-electron chi connectivity index (χ1n) is 8.80. The quantitative estimate of drug-likeness (QED) is 0.833. The molecule has 1 aliphatic rings. The molecule has 0 unspecified atom stereocenters. The molecular weight excluding hydrogens is 341 g/mol. The minimum Gasteiger partial charge on any atom is -0.489 e. The van der Waals surface area contributed by atoms with Crippen LogP contribution in [0.3, 0.4) is 0 Å². The standard InChI is InChI=1S/C20H23F3N2O/c21-20(22,23)14-18(25-12-10-24-11-13-25)17-8-4-5-9-19(17)26-15-16-6-2-1-3-7-16/h1-9,18,24H,10-15H2/t18-/m0/s1. The largest absolute Gasteiger partial charge is 0.489 e. The number of nitrogens with one attached hydrogen (secondary N) is 1. The van der Waals surface area contributed by atoms with E-state index in [0.29, 0.717) is 44.1 Å². The Hall–Kier alpha value is -2.05. The Morgan fingerprint density at radius 3 is 2.31 bits per heavy atom. The monoisotopic (exact) mass is 364 g/mol. The van der Waals surface area contributed by atoms with Crippen LogP contribution in [-0.4, -0.2) is 37.3 Å². The van der Waals surface area contributed by atoms with Crippen LogP contribution in [0.15, 0.2) is 54.6 Å². The number of para-hydroxylation sites is 1. The van der Waals surface area contributed by atoms with Gasteiger partial charge in [0.2, 0.25) is 0 Å². The molecule has 140 valence electrons. The van der Waals surface area contributed by atoms with Gasteiger partial charge in [-0.2, -0.15) is 13.2 Å². The summed E-state index contributed by atoms with van der Waals surface area (Å²) in [7, 11) is 0. The number of benzene rings is 2. The van der Waals surface area contributed by atoms with Gasteiger partial charge in [-0.1, -0.05) is 48.5 Å². The van der Waals surface area contributed by atoms with Gasteiger partial charge in [-0.05, 0) is 11.6 Å². The zero-order valence-electron chi connectivity index (χ0n) is 14.5. The second-order valence-electron chi connectivity index (χ2n) is 6.43. The summed E-state index contributed by atoms with van der Waals surface area (Å²) in [6, 6.07) is 16.0. The van der Waals surface area contributed by atoms with Crippen LogP contribution >= 0.6 is 0 Å². The van der Waals surface area contributed by atoms with Crippen LogP contribution in [0.4, 0.5) is 13.2 Å². The third-order valence-corrected chi connectivity index (χ3v) is 4.53. The minimum atomic E-state index is -4.23. The normalized spacial score (nSPS) is 17.0. The van der Waals surface area contributed by atoms with Crippen LogP contribution in [0.5, 0.6) is 5.75 Å². The first-order valence-corrected chi connectivity index (χ1v) is 8.80. The first-order chi connectivity index (χ1) is 12.5. The van der Waals surface area contributed by atoms with Crippen molar-refractivity contribution >= 4 is 0 Å². The molecule has 0 spiro atoms. The molecule has 1 heterocycles. The third-order valence-electron chi connectivity index (χ3n) is 4.53. The van der Waals surface area contributed by atoms with Crippen molar-refractivity contribution in [3.05, 3.63) is 65.7 Å². The van der Waals surface area contributed by atoms with Crippen molar-refractivity contribution in [3.63, 3.8) is 0 Å². The summed E-state index contributed by atoms with van der Waals surface area (Å²) in [6.45, 7) is 2.91. The predicted molar refractivity (Wildman–Crippen MR) is 95.1 cm³/mol. The Labute approximate surface area is 151 Å². The van der Waals surface area contributed by atoms with Crippen LogP contribution in [-0.2, 0) is 6.61 Å². The van der Waals surface area contributed by atoms with Crippen molar-refractivity contribution in [2.24, 2.45) is 0 Å². The number of halogens is 3. The molecule has 6 heteroatoms. The molecule has 0 aromatic heterocycles. The minimum absolute atomic E-state index is 0.331.